The van der Waals surface area contributed by atoms with E-state index in [0.717, 1.165) is 0 Å². The van der Waals surface area contributed by atoms with Crippen LogP contribution >= 0.6 is 0 Å². The highest BCUT2D eigenvalue weighted by atomic mass is 19.1. The monoisotopic (exact) mass is 538 g/mol. The van der Waals surface area contributed by atoms with Gasteiger partial charge < -0.3 is 35.4 Å². The Morgan fingerprint density at radius 2 is 1.76 bits per heavy atom. The number of alkyl halides is 1. The van der Waals surface area contributed by atoms with Gasteiger partial charge in [-0.2, -0.15) is 0 Å². The first-order valence-corrected chi connectivity index (χ1v) is 13.5. The Balaban J connectivity index is 1.47. The quantitative estimate of drug-likeness (QED) is 0.292. The summed E-state index contributed by atoms with van der Waals surface area (Å²) in [6.45, 7) is 4.49. The van der Waals surface area contributed by atoms with Gasteiger partial charge in [0.1, 0.15) is 30.0 Å². The highest BCUT2D eigenvalue weighted by Gasteiger charge is 2.75. The molecule has 0 aromatic heterocycles. The third-order valence-electron chi connectivity index (χ3n) is 11.0. The third-order valence-corrected chi connectivity index (χ3v) is 11.0. The Bertz CT molecular complexity index is 1070. The minimum absolute atomic E-state index is 0.184. The smallest absolute Gasteiger partial charge is 0.178 e. The van der Waals surface area contributed by atoms with E-state index in [0.29, 0.717) is 24.8 Å². The van der Waals surface area contributed by atoms with Gasteiger partial charge in [-0.1, -0.05) is 25.5 Å². The lowest BCUT2D eigenvalue weighted by Gasteiger charge is -2.62. The minimum Gasteiger partial charge on any atom is -0.394 e. The summed E-state index contributed by atoms with van der Waals surface area (Å²) in [5.41, 5.74) is -5.80. The lowest BCUT2D eigenvalue weighted by Crippen LogP contribution is -2.69. The number of rotatable bonds is 4. The zero-order valence-corrected chi connectivity index (χ0v) is 22.0. The van der Waals surface area contributed by atoms with Gasteiger partial charge in [0.2, 0.25) is 0 Å². The molecule has 5 aliphatic rings. The Hall–Kier alpha value is -1.53. The van der Waals surface area contributed by atoms with E-state index < -0.39 is 95.3 Å². The molecule has 13 atom stereocenters. The molecule has 4 fully saturated rings. The predicted octanol–water partition coefficient (Wildman–Crippen LogP) is 0.136. The predicted molar refractivity (Wildman–Crippen MR) is 131 cm³/mol. The van der Waals surface area contributed by atoms with Crippen LogP contribution < -0.4 is 0 Å². The van der Waals surface area contributed by atoms with E-state index in [-0.39, 0.29) is 12.2 Å². The van der Waals surface area contributed by atoms with Crippen LogP contribution in [0, 0.1) is 28.6 Å². The summed E-state index contributed by atoms with van der Waals surface area (Å²) < 4.78 is 22.8. The van der Waals surface area contributed by atoms with Gasteiger partial charge in [0.15, 0.2) is 17.2 Å². The number of ketones is 2. The van der Waals surface area contributed by atoms with Crippen molar-refractivity contribution in [1.29, 1.82) is 0 Å². The topological polar surface area (TPSA) is 165 Å². The molecule has 1 heterocycles. The number of halogens is 1. The molecule has 212 valence electrons. The Morgan fingerprint density at radius 3 is 2.42 bits per heavy atom. The van der Waals surface area contributed by atoms with Gasteiger partial charge in [0, 0.05) is 23.2 Å². The van der Waals surface area contributed by atoms with Crippen LogP contribution in [0.3, 0.4) is 0 Å². The molecule has 4 aliphatic carbocycles. The lowest BCUT2D eigenvalue weighted by atomic mass is 9.44. The van der Waals surface area contributed by atoms with Crippen molar-refractivity contribution in [2.75, 3.05) is 6.61 Å². The molecule has 10 heteroatoms. The van der Waals surface area contributed by atoms with E-state index in [4.69, 9.17) is 4.74 Å². The number of aliphatic hydroxyl groups excluding tert-OH is 5. The van der Waals surface area contributed by atoms with E-state index >= 15 is 4.39 Å². The molecule has 1 aliphatic heterocycles. The molecule has 5 rings (SSSR count). The standard InChI is InChI=1S/C28H39FO9/c1-13-8-17-16-5-4-14-9-15(31)6-7-25(14,2)27(16,29)21(33)11-26(17,3)28(13,37)20(32)10-18-22(34)24(36)23(35)19(12-30)38-18/h6-7,9,13,16-19,21-24,30,33-37H,4-5,8,10-12H2,1-3H3/t13?,16-,17-,18-,19+,21?,22-,23-,24+,25-,26-,27-,28-/m0/s1. The summed E-state index contributed by atoms with van der Waals surface area (Å²) in [7, 11) is 0. The summed E-state index contributed by atoms with van der Waals surface area (Å²) in [4.78, 5) is 25.8. The van der Waals surface area contributed by atoms with E-state index in [1.54, 1.807) is 26.8 Å². The average Bonchev–Trinajstić information content (AvgIpc) is 3.07. The number of fused-ring (bicyclic) bond motifs is 5. The van der Waals surface area contributed by atoms with Crippen molar-refractivity contribution in [2.24, 2.45) is 28.6 Å². The Kier molecular flexibility index (Phi) is 6.63. The van der Waals surface area contributed by atoms with Gasteiger partial charge >= 0.3 is 0 Å². The molecule has 0 bridgehead atoms. The van der Waals surface area contributed by atoms with E-state index in [1.165, 1.54) is 12.2 Å². The lowest BCUT2D eigenvalue weighted by molar-refractivity contribution is -0.236. The summed E-state index contributed by atoms with van der Waals surface area (Å²) in [5, 5.41) is 63.8. The number of aliphatic hydroxyl groups is 6. The van der Waals surface area contributed by atoms with Gasteiger partial charge in [0.25, 0.3) is 0 Å². The van der Waals surface area contributed by atoms with Crippen LogP contribution in [-0.2, 0) is 14.3 Å². The third kappa shape index (κ3) is 3.41. The Morgan fingerprint density at radius 1 is 1.11 bits per heavy atom. The fourth-order valence-electron chi connectivity index (χ4n) is 8.83. The summed E-state index contributed by atoms with van der Waals surface area (Å²) in [6, 6.07) is 0. The maximum absolute atomic E-state index is 17.3. The molecular weight excluding hydrogens is 499 g/mol. The first-order chi connectivity index (χ1) is 17.7. The number of carbonyl (C=O) groups is 2. The van der Waals surface area contributed by atoms with Crippen LogP contribution in [0.4, 0.5) is 4.39 Å². The van der Waals surface area contributed by atoms with Gasteiger partial charge in [-0.15, -0.1) is 0 Å². The summed E-state index contributed by atoms with van der Waals surface area (Å²) in [6.07, 6.45) is -4.00. The Labute approximate surface area is 221 Å². The zero-order valence-electron chi connectivity index (χ0n) is 22.0. The van der Waals surface area contributed by atoms with Gasteiger partial charge in [-0.05, 0) is 56.6 Å². The van der Waals surface area contributed by atoms with Gasteiger partial charge in [-0.3, -0.25) is 9.59 Å². The van der Waals surface area contributed by atoms with Crippen molar-refractivity contribution >= 4 is 11.6 Å². The van der Waals surface area contributed by atoms with Crippen LogP contribution in [0.5, 0.6) is 0 Å². The fraction of sp³-hybridized carbons (Fsp3) is 0.786. The van der Waals surface area contributed by atoms with Crippen LogP contribution in [0.15, 0.2) is 23.8 Å². The van der Waals surface area contributed by atoms with E-state index in [2.05, 4.69) is 0 Å². The molecule has 2 unspecified atom stereocenters. The largest absolute Gasteiger partial charge is 0.394 e. The SMILES string of the molecule is CC1C[C@H]2[C@@H]3CCC4=CC(=O)C=C[C@]4(C)[C@@]3(F)C(O)C[C@]2(C)[C@@]1(O)C(=O)C[C@@H]1O[C@H](CO)[C@H](O)[C@H](O)[C@H]1O. The number of hydrogen-bond acceptors (Lipinski definition) is 9. The van der Waals surface area contributed by atoms with Crippen molar-refractivity contribution in [3.05, 3.63) is 23.8 Å². The first-order valence-electron chi connectivity index (χ1n) is 13.5. The highest BCUT2D eigenvalue weighted by molar-refractivity contribution is 6.01. The minimum atomic E-state index is -2.09. The average molecular weight is 539 g/mol. The maximum Gasteiger partial charge on any atom is 0.178 e. The molecule has 9 nitrogen and oxygen atoms in total. The molecule has 0 radical (unpaired) electrons. The van der Waals surface area contributed by atoms with Crippen LogP contribution in [-0.4, -0.2) is 96.7 Å². The number of ether oxygens (including phenoxy) is 1. The molecule has 0 amide bonds. The van der Waals surface area contributed by atoms with Crippen molar-refractivity contribution in [2.45, 2.75) is 101 Å². The van der Waals surface area contributed by atoms with Crippen molar-refractivity contribution in [3.8, 4) is 0 Å². The summed E-state index contributed by atoms with van der Waals surface area (Å²) in [5.74, 6) is -2.59. The number of hydrogen-bond donors (Lipinski definition) is 6. The van der Waals surface area contributed by atoms with Crippen molar-refractivity contribution in [1.82, 2.24) is 0 Å². The second-order valence-electron chi connectivity index (χ2n) is 12.7. The summed E-state index contributed by atoms with van der Waals surface area (Å²) >= 11 is 0. The van der Waals surface area contributed by atoms with Crippen LogP contribution in [0.2, 0.25) is 0 Å². The van der Waals surface area contributed by atoms with Crippen molar-refractivity contribution < 1.29 is 49.4 Å². The van der Waals surface area contributed by atoms with Gasteiger partial charge in [0.05, 0.1) is 18.8 Å². The van der Waals surface area contributed by atoms with E-state index in [1.807, 2.05) is 0 Å². The number of Topliss-reactive ketones (excluding diaryl/α,β-unsaturated/α-hetero) is 1. The molecule has 3 saturated carbocycles. The fourth-order valence-corrected chi connectivity index (χ4v) is 8.83. The first kappa shape index (κ1) is 28.0. The molecule has 1 saturated heterocycles. The molecule has 0 aromatic carbocycles. The second-order valence-corrected chi connectivity index (χ2v) is 12.7. The van der Waals surface area contributed by atoms with E-state index in [9.17, 15) is 40.2 Å². The molecule has 0 aromatic rings. The number of allylic oxidation sites excluding steroid dienone is 4. The highest BCUT2D eigenvalue weighted by Crippen LogP contribution is 2.70. The molecule has 6 N–H and O–H groups in total. The number of carbonyl (C=O) groups excluding carboxylic acids is 2. The van der Waals surface area contributed by atoms with Gasteiger partial charge in [-0.25, -0.2) is 4.39 Å². The zero-order chi connectivity index (χ0) is 28.0. The normalized spacial score (nSPS) is 54.1. The second kappa shape index (κ2) is 8.99. The molecule has 0 spiro atoms. The van der Waals surface area contributed by atoms with Crippen LogP contribution in [0.25, 0.3) is 0 Å². The molecular formula is C28H39FO9. The maximum atomic E-state index is 17.3. The van der Waals surface area contributed by atoms with Crippen LogP contribution in [0.1, 0.15) is 52.9 Å². The molecule has 38 heavy (non-hydrogen) atoms. The van der Waals surface area contributed by atoms with Crippen molar-refractivity contribution in [3.63, 3.8) is 0 Å².